The number of benzene rings is 1. The van der Waals surface area contributed by atoms with E-state index >= 15 is 0 Å². The molecule has 1 aromatic carbocycles. The van der Waals surface area contributed by atoms with Crippen LogP contribution in [0.25, 0.3) is 0 Å². The van der Waals surface area contributed by atoms with Crippen molar-refractivity contribution in [3.8, 4) is 0 Å². The zero-order valence-corrected chi connectivity index (χ0v) is 14.8. The summed E-state index contributed by atoms with van der Waals surface area (Å²) in [6, 6.07) is 5.28. The van der Waals surface area contributed by atoms with E-state index in [0.29, 0.717) is 17.2 Å². The molecule has 124 valence electrons. The van der Waals surface area contributed by atoms with Crippen molar-refractivity contribution in [1.82, 2.24) is 9.46 Å². The molecule has 1 fully saturated rings. The molecular formula is C17H22N2O3S. The first-order valence-electron chi connectivity index (χ1n) is 7.83. The normalized spacial score (nSPS) is 19.4. The van der Waals surface area contributed by atoms with Crippen molar-refractivity contribution in [3.05, 3.63) is 46.3 Å². The van der Waals surface area contributed by atoms with Gasteiger partial charge in [0.05, 0.1) is 16.6 Å². The number of aryl methyl sites for hydroxylation is 4. The highest BCUT2D eigenvalue weighted by atomic mass is 32.2. The molecule has 1 aliphatic heterocycles. The first-order valence-corrected chi connectivity index (χ1v) is 9.27. The Hall–Kier alpha value is -1.66. The van der Waals surface area contributed by atoms with Crippen LogP contribution in [-0.4, -0.2) is 24.4 Å². The molecule has 3 rings (SSSR count). The van der Waals surface area contributed by atoms with Crippen molar-refractivity contribution >= 4 is 10.0 Å². The van der Waals surface area contributed by atoms with Crippen LogP contribution in [0.1, 0.15) is 47.0 Å². The van der Waals surface area contributed by atoms with Gasteiger partial charge in [0.1, 0.15) is 0 Å². The number of hydrogen-bond acceptors (Lipinski definition) is 4. The summed E-state index contributed by atoms with van der Waals surface area (Å²) in [5.41, 5.74) is 3.64. The number of sulfonamides is 1. The Kier molecular flexibility index (Phi) is 4.06. The Bertz CT molecular complexity index is 840. The van der Waals surface area contributed by atoms with Crippen LogP contribution < -0.4 is 0 Å². The summed E-state index contributed by atoms with van der Waals surface area (Å²) in [5, 5.41) is 3.90. The highest BCUT2D eigenvalue weighted by Crippen LogP contribution is 2.37. The summed E-state index contributed by atoms with van der Waals surface area (Å²) in [6.07, 6.45) is 1.59. The second kappa shape index (κ2) is 5.76. The molecule has 5 nitrogen and oxygen atoms in total. The fraction of sp³-hybridized carbons (Fsp3) is 0.471. The van der Waals surface area contributed by atoms with Gasteiger partial charge in [-0.15, -0.1) is 0 Å². The molecule has 1 aliphatic rings. The molecule has 0 saturated carbocycles. The van der Waals surface area contributed by atoms with Crippen LogP contribution in [0.4, 0.5) is 0 Å². The van der Waals surface area contributed by atoms with Gasteiger partial charge in [-0.25, -0.2) is 8.42 Å². The smallest absolute Gasteiger partial charge is 0.244 e. The second-order valence-corrected chi connectivity index (χ2v) is 8.21. The summed E-state index contributed by atoms with van der Waals surface area (Å²) in [6.45, 7) is 8.14. The average molecular weight is 334 g/mol. The minimum absolute atomic E-state index is 0.262. The average Bonchev–Trinajstić information content (AvgIpc) is 3.11. The molecule has 6 heteroatoms. The van der Waals surface area contributed by atoms with Gasteiger partial charge in [-0.1, -0.05) is 11.2 Å². The first kappa shape index (κ1) is 16.2. The Balaban J connectivity index is 2.03. The van der Waals surface area contributed by atoms with Crippen molar-refractivity contribution in [1.29, 1.82) is 0 Å². The molecule has 0 N–H and O–H groups in total. The third kappa shape index (κ3) is 2.81. The predicted molar refractivity (Wildman–Crippen MR) is 87.8 cm³/mol. The van der Waals surface area contributed by atoms with Crippen LogP contribution in [-0.2, 0) is 10.0 Å². The van der Waals surface area contributed by atoms with E-state index in [1.807, 2.05) is 39.8 Å². The highest BCUT2D eigenvalue weighted by molar-refractivity contribution is 7.89. The fourth-order valence-corrected chi connectivity index (χ4v) is 5.15. The zero-order valence-electron chi connectivity index (χ0n) is 14.0. The van der Waals surface area contributed by atoms with E-state index in [4.69, 9.17) is 4.52 Å². The van der Waals surface area contributed by atoms with E-state index in [9.17, 15) is 8.42 Å². The third-order valence-corrected chi connectivity index (χ3v) is 6.61. The molecule has 2 aromatic rings. The Labute approximate surface area is 137 Å². The monoisotopic (exact) mass is 334 g/mol. The summed E-state index contributed by atoms with van der Waals surface area (Å²) in [5.74, 6) is 0.630. The van der Waals surface area contributed by atoms with Crippen LogP contribution in [0.3, 0.4) is 0 Å². The zero-order chi connectivity index (χ0) is 16.8. The predicted octanol–water partition coefficient (Wildman–Crippen LogP) is 3.43. The van der Waals surface area contributed by atoms with E-state index in [1.54, 1.807) is 10.4 Å². The van der Waals surface area contributed by atoms with E-state index in [2.05, 4.69) is 5.16 Å². The van der Waals surface area contributed by atoms with Gasteiger partial charge in [-0.2, -0.15) is 4.31 Å². The lowest BCUT2D eigenvalue weighted by Gasteiger charge is -2.23. The maximum Gasteiger partial charge on any atom is 0.244 e. The summed E-state index contributed by atoms with van der Waals surface area (Å²) in [7, 11) is -3.55. The van der Waals surface area contributed by atoms with Gasteiger partial charge in [-0.3, -0.25) is 0 Å². The number of rotatable bonds is 3. The highest BCUT2D eigenvalue weighted by Gasteiger charge is 2.38. The molecule has 2 heterocycles. The largest absolute Gasteiger partial charge is 0.359 e. The molecule has 0 radical (unpaired) electrons. The van der Waals surface area contributed by atoms with E-state index in [0.717, 1.165) is 35.2 Å². The maximum atomic E-state index is 13.2. The quantitative estimate of drug-likeness (QED) is 0.862. The molecule has 0 spiro atoms. The molecule has 1 atom stereocenters. The van der Waals surface area contributed by atoms with Gasteiger partial charge in [0.2, 0.25) is 10.0 Å². The Morgan fingerprint density at radius 1 is 1.09 bits per heavy atom. The lowest BCUT2D eigenvalue weighted by Crippen LogP contribution is -2.31. The van der Waals surface area contributed by atoms with Crippen LogP contribution in [0.15, 0.2) is 27.6 Å². The number of nitrogens with zero attached hydrogens (tertiary/aromatic N) is 2. The molecule has 1 saturated heterocycles. The Morgan fingerprint density at radius 3 is 2.43 bits per heavy atom. The number of aromatic nitrogens is 1. The van der Waals surface area contributed by atoms with Gasteiger partial charge in [0.25, 0.3) is 0 Å². The van der Waals surface area contributed by atoms with E-state index < -0.39 is 10.0 Å². The van der Waals surface area contributed by atoms with E-state index in [-0.39, 0.29) is 6.04 Å². The number of hydrogen-bond donors (Lipinski definition) is 0. The first-order chi connectivity index (χ1) is 10.8. The molecule has 0 bridgehead atoms. The van der Waals surface area contributed by atoms with Gasteiger partial charge < -0.3 is 4.52 Å². The minimum Gasteiger partial charge on any atom is -0.359 e. The fourth-order valence-electron chi connectivity index (χ4n) is 3.19. The molecule has 0 amide bonds. The Morgan fingerprint density at radius 2 is 1.78 bits per heavy atom. The van der Waals surface area contributed by atoms with Crippen LogP contribution in [0.5, 0.6) is 0 Å². The van der Waals surface area contributed by atoms with Crippen molar-refractivity contribution in [2.24, 2.45) is 0 Å². The maximum absolute atomic E-state index is 13.2. The standard InChI is InChI=1S/C17H22N2O3S/c1-11-8-13(3)17(9-12(11)2)23(20,21)19-7-5-6-15(19)16-10-14(4)18-22-16/h8-10,15H,5-7H2,1-4H3. The molecule has 23 heavy (non-hydrogen) atoms. The molecule has 1 unspecified atom stereocenters. The van der Waals surface area contributed by atoms with E-state index in [1.165, 1.54) is 0 Å². The minimum atomic E-state index is -3.55. The van der Waals surface area contributed by atoms with Crippen molar-refractivity contribution < 1.29 is 12.9 Å². The third-order valence-electron chi connectivity index (χ3n) is 4.56. The van der Waals surface area contributed by atoms with Crippen molar-refractivity contribution in [3.63, 3.8) is 0 Å². The lowest BCUT2D eigenvalue weighted by molar-refractivity contribution is 0.297. The SMILES string of the molecule is Cc1cc(C2CCCN2S(=O)(=O)c2cc(C)c(C)cc2C)on1. The molecule has 0 aliphatic carbocycles. The van der Waals surface area contributed by atoms with Crippen LogP contribution in [0.2, 0.25) is 0 Å². The molecular weight excluding hydrogens is 312 g/mol. The second-order valence-electron chi connectivity index (χ2n) is 6.35. The summed E-state index contributed by atoms with van der Waals surface area (Å²) < 4.78 is 33.2. The van der Waals surface area contributed by atoms with Crippen LogP contribution >= 0.6 is 0 Å². The van der Waals surface area contributed by atoms with Crippen molar-refractivity contribution in [2.75, 3.05) is 6.54 Å². The van der Waals surface area contributed by atoms with Crippen LogP contribution in [0, 0.1) is 27.7 Å². The summed E-state index contributed by atoms with van der Waals surface area (Å²) >= 11 is 0. The topological polar surface area (TPSA) is 63.4 Å². The van der Waals surface area contributed by atoms with Gasteiger partial charge in [0.15, 0.2) is 5.76 Å². The van der Waals surface area contributed by atoms with Gasteiger partial charge in [-0.05, 0) is 63.3 Å². The summed E-state index contributed by atoms with van der Waals surface area (Å²) in [4.78, 5) is 0.392. The molecule has 1 aromatic heterocycles. The lowest BCUT2D eigenvalue weighted by atomic mass is 10.1. The van der Waals surface area contributed by atoms with Gasteiger partial charge in [0, 0.05) is 12.6 Å². The van der Waals surface area contributed by atoms with Crippen molar-refractivity contribution in [2.45, 2.75) is 51.5 Å². The van der Waals surface area contributed by atoms with Gasteiger partial charge >= 0.3 is 0 Å².